The van der Waals surface area contributed by atoms with Gasteiger partial charge < -0.3 is 9.64 Å². The fourth-order valence-electron chi connectivity index (χ4n) is 3.74. The minimum absolute atomic E-state index is 0.0384. The number of H-pyrrole nitrogens is 1. The Balaban J connectivity index is 1.73. The smallest absolute Gasteiger partial charge is 0.426 e. The van der Waals surface area contributed by atoms with Crippen LogP contribution in [0.3, 0.4) is 0 Å². The molecule has 0 bridgehead atoms. The van der Waals surface area contributed by atoms with Crippen LogP contribution in [0, 0.1) is 5.41 Å². The number of ether oxygens (including phenoxy) is 1. The summed E-state index contributed by atoms with van der Waals surface area (Å²) in [4.78, 5) is 38.4. The second-order valence-electron chi connectivity index (χ2n) is 7.17. The molecular formula is C20H26N3O5+. The Kier molecular flexibility index (Phi) is 6.28. The summed E-state index contributed by atoms with van der Waals surface area (Å²) in [5, 5.41) is 2.38. The molecule has 28 heavy (non-hydrogen) atoms. The van der Waals surface area contributed by atoms with Crippen molar-refractivity contribution in [2.45, 2.75) is 39.2 Å². The van der Waals surface area contributed by atoms with Crippen molar-refractivity contribution in [3.63, 3.8) is 0 Å². The monoisotopic (exact) mass is 388 g/mol. The lowest BCUT2D eigenvalue weighted by Crippen LogP contribution is -2.54. The molecule has 1 aliphatic heterocycles. The molecule has 0 unspecified atom stereocenters. The van der Waals surface area contributed by atoms with E-state index in [-0.39, 0.29) is 18.4 Å². The standard InChI is InChI=1S/C20H25N3O5/c1-2-27-19(26)20(11-9-16-7-4-3-5-8-16)10-6-12-22(15-20)17(24)13-23-14-18(25)28-21-23/h3-5,7-8,14H,2,6,9-13,15H2,1H3/p+1/t20-/m0/s1. The number of carbonyl (C=O) groups excluding carboxylic acids is 2. The number of rotatable bonds is 7. The highest BCUT2D eigenvalue weighted by Crippen LogP contribution is 2.36. The van der Waals surface area contributed by atoms with Crippen LogP contribution in [-0.4, -0.2) is 41.7 Å². The van der Waals surface area contributed by atoms with Crippen LogP contribution in [-0.2, 0) is 27.3 Å². The molecule has 0 aliphatic carbocycles. The zero-order valence-corrected chi connectivity index (χ0v) is 16.1. The lowest BCUT2D eigenvalue weighted by Gasteiger charge is -2.40. The first-order valence-electron chi connectivity index (χ1n) is 9.59. The van der Waals surface area contributed by atoms with E-state index in [1.165, 1.54) is 10.9 Å². The lowest BCUT2D eigenvalue weighted by molar-refractivity contribution is -0.751. The Morgan fingerprint density at radius 3 is 2.79 bits per heavy atom. The zero-order valence-electron chi connectivity index (χ0n) is 16.1. The minimum atomic E-state index is -0.714. The van der Waals surface area contributed by atoms with E-state index in [9.17, 15) is 14.4 Å². The summed E-state index contributed by atoms with van der Waals surface area (Å²) >= 11 is 0. The highest BCUT2D eigenvalue weighted by Gasteiger charge is 2.44. The summed E-state index contributed by atoms with van der Waals surface area (Å²) in [5.74, 6) is -0.414. The van der Waals surface area contributed by atoms with Crippen LogP contribution in [0.15, 0.2) is 45.8 Å². The van der Waals surface area contributed by atoms with Crippen LogP contribution < -0.4 is 10.3 Å². The quantitative estimate of drug-likeness (QED) is 0.565. The van der Waals surface area contributed by atoms with E-state index in [4.69, 9.17) is 4.74 Å². The molecule has 0 spiro atoms. The van der Waals surface area contributed by atoms with Crippen molar-refractivity contribution in [3.8, 4) is 0 Å². The second-order valence-corrected chi connectivity index (χ2v) is 7.17. The molecule has 8 nitrogen and oxygen atoms in total. The SMILES string of the molecule is CCOC(=O)[C@]1(CCc2ccccc2)CCCN(C(=O)C[n+]2cc(=O)o[nH]2)C1. The van der Waals surface area contributed by atoms with Gasteiger partial charge in [-0.05, 0) is 43.4 Å². The lowest BCUT2D eigenvalue weighted by atomic mass is 9.75. The molecule has 1 fully saturated rings. The summed E-state index contributed by atoms with van der Waals surface area (Å²) in [6.45, 7) is 2.96. The van der Waals surface area contributed by atoms with Gasteiger partial charge in [0.2, 0.25) is 0 Å². The summed E-state index contributed by atoms with van der Waals surface area (Å²) in [5.41, 5.74) is -0.106. The van der Waals surface area contributed by atoms with Gasteiger partial charge >= 0.3 is 11.6 Å². The highest BCUT2D eigenvalue weighted by molar-refractivity contribution is 5.80. The molecule has 1 amide bonds. The number of benzene rings is 1. The van der Waals surface area contributed by atoms with Crippen molar-refractivity contribution in [1.29, 1.82) is 0 Å². The molecule has 1 N–H and O–H groups in total. The third-order valence-electron chi connectivity index (χ3n) is 5.20. The molecule has 2 aromatic rings. The number of amides is 1. The molecule has 1 aromatic carbocycles. The van der Waals surface area contributed by atoms with E-state index >= 15 is 0 Å². The number of nitrogens with zero attached hydrogens (tertiary/aromatic N) is 2. The average Bonchev–Trinajstić information content (AvgIpc) is 3.12. The fraction of sp³-hybridized carbons (Fsp3) is 0.500. The normalized spacial score (nSPS) is 19.4. The molecule has 1 aromatic heterocycles. The van der Waals surface area contributed by atoms with Gasteiger partial charge in [-0.25, -0.2) is 4.79 Å². The van der Waals surface area contributed by atoms with Crippen molar-refractivity contribution < 1.29 is 23.5 Å². The van der Waals surface area contributed by atoms with Crippen LogP contribution >= 0.6 is 0 Å². The van der Waals surface area contributed by atoms with Gasteiger partial charge in [-0.3, -0.25) is 14.1 Å². The summed E-state index contributed by atoms with van der Waals surface area (Å²) in [6.07, 6.45) is 3.97. The van der Waals surface area contributed by atoms with E-state index < -0.39 is 11.0 Å². The molecule has 0 radical (unpaired) electrons. The van der Waals surface area contributed by atoms with Gasteiger partial charge in [0.15, 0.2) is 0 Å². The van der Waals surface area contributed by atoms with Crippen LogP contribution in [0.1, 0.15) is 31.7 Å². The Morgan fingerprint density at radius 2 is 2.11 bits per heavy atom. The number of hydrogen-bond acceptors (Lipinski definition) is 5. The first-order valence-corrected chi connectivity index (χ1v) is 9.59. The minimum Gasteiger partial charge on any atom is -0.466 e. The topological polar surface area (TPSA) is 96.5 Å². The van der Waals surface area contributed by atoms with Gasteiger partial charge in [-0.2, -0.15) is 0 Å². The molecule has 1 aliphatic rings. The number of carbonyl (C=O) groups is 2. The van der Waals surface area contributed by atoms with Gasteiger partial charge in [0, 0.05) is 13.1 Å². The Hall–Kier alpha value is -2.90. The Bertz CT molecular complexity index is 860. The zero-order chi connectivity index (χ0) is 20.0. The van der Waals surface area contributed by atoms with Crippen molar-refractivity contribution in [1.82, 2.24) is 10.2 Å². The van der Waals surface area contributed by atoms with E-state index in [1.807, 2.05) is 30.3 Å². The molecule has 0 saturated carbocycles. The number of esters is 1. The predicted molar refractivity (Wildman–Crippen MR) is 99.2 cm³/mol. The van der Waals surface area contributed by atoms with Crippen LogP contribution in [0.5, 0.6) is 0 Å². The van der Waals surface area contributed by atoms with E-state index in [1.54, 1.807) is 11.8 Å². The fourth-order valence-corrected chi connectivity index (χ4v) is 3.74. The first kappa shape index (κ1) is 19.9. The van der Waals surface area contributed by atoms with Crippen molar-refractivity contribution in [3.05, 3.63) is 52.5 Å². The summed E-state index contributed by atoms with van der Waals surface area (Å²) < 4.78 is 11.3. The second kappa shape index (κ2) is 8.86. The predicted octanol–water partition coefficient (Wildman–Crippen LogP) is 1.06. The van der Waals surface area contributed by atoms with Gasteiger partial charge in [0.05, 0.1) is 12.0 Å². The van der Waals surface area contributed by atoms with E-state index in [0.29, 0.717) is 32.5 Å². The number of likely N-dealkylation sites (tertiary alicyclic amines) is 1. The summed E-state index contributed by atoms with van der Waals surface area (Å²) in [6, 6.07) is 9.99. The number of aromatic amines is 1. The Labute approximate surface area is 163 Å². The molecule has 1 atom stereocenters. The number of piperidine rings is 1. The molecule has 3 rings (SSSR count). The number of hydrogen-bond donors (Lipinski definition) is 1. The van der Waals surface area contributed by atoms with Crippen LogP contribution in [0.4, 0.5) is 0 Å². The number of aromatic nitrogens is 2. The van der Waals surface area contributed by atoms with Gasteiger partial charge in [-0.1, -0.05) is 35.0 Å². The average molecular weight is 388 g/mol. The van der Waals surface area contributed by atoms with Crippen LogP contribution in [0.2, 0.25) is 0 Å². The number of aryl methyl sites for hydroxylation is 1. The van der Waals surface area contributed by atoms with Crippen molar-refractivity contribution in [2.75, 3.05) is 19.7 Å². The van der Waals surface area contributed by atoms with Gasteiger partial charge in [0.1, 0.15) is 0 Å². The van der Waals surface area contributed by atoms with E-state index in [2.05, 4.69) is 9.79 Å². The number of nitrogens with one attached hydrogen (secondary N) is 1. The molecular weight excluding hydrogens is 362 g/mol. The molecule has 1 saturated heterocycles. The molecule has 150 valence electrons. The molecule has 8 heteroatoms. The van der Waals surface area contributed by atoms with Gasteiger partial charge in [0.25, 0.3) is 18.6 Å². The molecule has 2 heterocycles. The maximum absolute atomic E-state index is 12.8. The van der Waals surface area contributed by atoms with Crippen molar-refractivity contribution >= 4 is 11.9 Å². The largest absolute Gasteiger partial charge is 0.466 e. The van der Waals surface area contributed by atoms with Gasteiger partial charge in [-0.15, -0.1) is 0 Å². The van der Waals surface area contributed by atoms with Crippen LogP contribution in [0.25, 0.3) is 0 Å². The third-order valence-corrected chi connectivity index (χ3v) is 5.20. The van der Waals surface area contributed by atoms with E-state index in [0.717, 1.165) is 18.4 Å². The first-order chi connectivity index (χ1) is 13.5. The maximum atomic E-state index is 12.8. The van der Waals surface area contributed by atoms with Crippen molar-refractivity contribution in [2.24, 2.45) is 5.41 Å². The third kappa shape index (κ3) is 4.68. The maximum Gasteiger partial charge on any atom is 0.426 e. The summed E-state index contributed by atoms with van der Waals surface area (Å²) in [7, 11) is 0. The highest BCUT2D eigenvalue weighted by atomic mass is 16.5. The Morgan fingerprint density at radius 1 is 1.32 bits per heavy atom.